The Kier molecular flexibility index (Phi) is 8.23. The molecule has 238 valence electrons. The molecule has 1 saturated carbocycles. The van der Waals surface area contributed by atoms with Gasteiger partial charge in [0.15, 0.2) is 9.84 Å². The molecule has 0 saturated heterocycles. The summed E-state index contributed by atoms with van der Waals surface area (Å²) in [5.41, 5.74) is -9.50. The van der Waals surface area contributed by atoms with Crippen molar-refractivity contribution in [2.75, 3.05) is 6.54 Å². The molecule has 15 heteroatoms. The first kappa shape index (κ1) is 33.1. The highest BCUT2D eigenvalue weighted by Gasteiger charge is 2.74. The third-order valence-electron chi connectivity index (χ3n) is 8.60. The van der Waals surface area contributed by atoms with E-state index in [1.54, 1.807) is 0 Å². The van der Waals surface area contributed by atoms with Crippen LogP contribution in [-0.4, -0.2) is 55.1 Å². The van der Waals surface area contributed by atoms with Crippen LogP contribution in [0.5, 0.6) is 0 Å². The van der Waals surface area contributed by atoms with Crippen molar-refractivity contribution in [2.24, 2.45) is 11.8 Å². The van der Waals surface area contributed by atoms with E-state index in [4.69, 9.17) is 0 Å². The van der Waals surface area contributed by atoms with Gasteiger partial charge in [-0.3, -0.25) is 4.79 Å². The van der Waals surface area contributed by atoms with Crippen molar-refractivity contribution in [1.29, 1.82) is 0 Å². The molecule has 0 heterocycles. The van der Waals surface area contributed by atoms with Crippen molar-refractivity contribution in [3.8, 4) is 0 Å². The molecule has 2 aromatic carbocycles. The van der Waals surface area contributed by atoms with Crippen LogP contribution in [0.2, 0.25) is 0 Å². The average molecular weight is 644 g/mol. The number of aliphatic hydroxyl groups excluding tert-OH is 1. The van der Waals surface area contributed by atoms with Crippen LogP contribution >= 0.6 is 0 Å². The number of halogens is 8. The van der Waals surface area contributed by atoms with E-state index >= 15 is 0 Å². The fraction of sp³-hybridized carbons (Fsp3) is 0.536. The highest BCUT2D eigenvalue weighted by molar-refractivity contribution is 7.92. The molecular weight excluding hydrogens is 614 g/mol. The van der Waals surface area contributed by atoms with Crippen LogP contribution in [-0.2, 0) is 31.5 Å². The van der Waals surface area contributed by atoms with Gasteiger partial charge in [-0.15, -0.1) is 0 Å². The first-order valence-corrected chi connectivity index (χ1v) is 14.7. The van der Waals surface area contributed by atoms with E-state index in [1.807, 2.05) is 0 Å². The Morgan fingerprint density at radius 1 is 1.00 bits per heavy atom. The lowest BCUT2D eigenvalue weighted by Crippen LogP contribution is -2.51. The van der Waals surface area contributed by atoms with Gasteiger partial charge in [-0.05, 0) is 80.8 Å². The van der Waals surface area contributed by atoms with Crippen molar-refractivity contribution >= 4 is 15.7 Å². The maximum Gasteiger partial charge on any atom is 0.435 e. The molecule has 0 spiro atoms. The zero-order valence-corrected chi connectivity index (χ0v) is 23.7. The lowest BCUT2D eigenvalue weighted by molar-refractivity contribution is -0.348. The van der Waals surface area contributed by atoms with Crippen LogP contribution < -0.4 is 5.32 Å². The minimum Gasteiger partial charge on any atom is -0.388 e. The van der Waals surface area contributed by atoms with Crippen LogP contribution in [0.25, 0.3) is 0 Å². The molecule has 2 aliphatic carbocycles. The molecule has 0 aromatic heterocycles. The van der Waals surface area contributed by atoms with Crippen molar-refractivity contribution < 1.29 is 58.5 Å². The zero-order chi connectivity index (χ0) is 32.4. The van der Waals surface area contributed by atoms with Crippen LogP contribution in [0.15, 0.2) is 47.4 Å². The van der Waals surface area contributed by atoms with Crippen LogP contribution in [0.3, 0.4) is 0 Å². The molecule has 1 fully saturated rings. The summed E-state index contributed by atoms with van der Waals surface area (Å²) >= 11 is 0. The van der Waals surface area contributed by atoms with E-state index in [0.29, 0.717) is 6.07 Å². The van der Waals surface area contributed by atoms with Gasteiger partial charge in [0.25, 0.3) is 0 Å². The van der Waals surface area contributed by atoms with Crippen molar-refractivity contribution in [3.63, 3.8) is 0 Å². The number of sulfone groups is 1. The molecular formula is C28H29F8NO5S. The summed E-state index contributed by atoms with van der Waals surface area (Å²) in [6.07, 6.45) is -14.9. The fourth-order valence-electron chi connectivity index (χ4n) is 6.27. The minimum absolute atomic E-state index is 0.0745. The molecule has 3 N–H and O–H groups in total. The number of aliphatic hydroxyl groups is 2. The van der Waals surface area contributed by atoms with Gasteiger partial charge in [-0.1, -0.05) is 18.2 Å². The predicted octanol–water partition coefficient (Wildman–Crippen LogP) is 5.00. The second-order valence-electron chi connectivity index (χ2n) is 11.6. The van der Waals surface area contributed by atoms with Gasteiger partial charge >= 0.3 is 18.0 Å². The summed E-state index contributed by atoms with van der Waals surface area (Å²) in [6.45, 7) is 2.21. The highest BCUT2D eigenvalue weighted by atomic mass is 32.2. The highest BCUT2D eigenvalue weighted by Crippen LogP contribution is 2.60. The third-order valence-corrected chi connectivity index (χ3v) is 11.2. The molecule has 4 rings (SSSR count). The Morgan fingerprint density at radius 3 is 2.12 bits per heavy atom. The van der Waals surface area contributed by atoms with E-state index in [9.17, 15) is 58.5 Å². The number of fused-ring (bicyclic) bond motifs is 3. The Bertz CT molecular complexity index is 1470. The predicted molar refractivity (Wildman–Crippen MR) is 136 cm³/mol. The monoisotopic (exact) mass is 643 g/mol. The molecule has 1 unspecified atom stereocenters. The van der Waals surface area contributed by atoms with Gasteiger partial charge in [-0.2, -0.15) is 26.3 Å². The van der Waals surface area contributed by atoms with Gasteiger partial charge < -0.3 is 15.5 Å². The number of carbonyl (C=O) groups is 1. The second kappa shape index (κ2) is 10.7. The second-order valence-corrected chi connectivity index (χ2v) is 13.8. The van der Waals surface area contributed by atoms with E-state index < -0.39 is 80.0 Å². The van der Waals surface area contributed by atoms with E-state index in [1.165, 1.54) is 13.8 Å². The number of aryl methyl sites for hydroxylation is 1. The Balaban J connectivity index is 1.86. The average Bonchev–Trinajstić information content (AvgIpc) is 3.31. The molecule has 43 heavy (non-hydrogen) atoms. The van der Waals surface area contributed by atoms with Gasteiger partial charge in [0.05, 0.1) is 16.6 Å². The normalized spacial score (nSPS) is 23.8. The van der Waals surface area contributed by atoms with Crippen molar-refractivity contribution in [1.82, 2.24) is 5.32 Å². The SMILES string of the molecule is CC(C)(O)C(O)CNC(=O)[C@@H]1CC[C@@]2(S(=O)(=O)c3ccc(F)cc3)c3ccc(C(F)(C(F)(F)F)C(F)(F)F)cc3CC[C@@H]12. The third kappa shape index (κ3) is 5.30. The summed E-state index contributed by atoms with van der Waals surface area (Å²) in [5.74, 6) is -3.51. The lowest BCUT2D eigenvalue weighted by atomic mass is 9.72. The zero-order valence-electron chi connectivity index (χ0n) is 22.9. The molecule has 0 bridgehead atoms. The summed E-state index contributed by atoms with van der Waals surface area (Å²) in [6, 6.07) is 5.04. The topological polar surface area (TPSA) is 104 Å². The number of benzene rings is 2. The quantitative estimate of drug-likeness (QED) is 0.291. The summed E-state index contributed by atoms with van der Waals surface area (Å²) in [5, 5.41) is 22.5. The number of nitrogens with one attached hydrogen (secondary N) is 1. The summed E-state index contributed by atoms with van der Waals surface area (Å²) in [7, 11) is -4.59. The molecule has 1 amide bonds. The fourth-order valence-corrected chi connectivity index (χ4v) is 8.74. The Labute approximate surface area is 242 Å². The number of hydrogen-bond donors (Lipinski definition) is 3. The van der Waals surface area contributed by atoms with Crippen LogP contribution in [0, 0.1) is 17.7 Å². The van der Waals surface area contributed by atoms with Crippen molar-refractivity contribution in [3.05, 3.63) is 65.0 Å². The molecule has 0 aliphatic heterocycles. The molecule has 0 radical (unpaired) electrons. The lowest BCUT2D eigenvalue weighted by Gasteiger charge is -2.42. The largest absolute Gasteiger partial charge is 0.435 e. The Morgan fingerprint density at radius 2 is 1.58 bits per heavy atom. The standard InChI is InChI=1S/C28H29F8NO5S/c1-24(2,40)22(38)14-37-23(39)19-11-12-25(43(41,42)18-7-5-17(29)6-8-18)20-10-4-16(13-15(20)3-9-21(19)25)26(30,27(31,32)33)28(34,35)36/h4-8,10,13,19,21-22,38,40H,3,9,11-12,14H2,1-2H3,(H,37,39)/t19-,21+,22?,25-/m1/s1. The number of rotatable bonds is 7. The number of alkyl halides is 7. The Hall–Kier alpha value is -2.78. The molecule has 2 aromatic rings. The van der Waals surface area contributed by atoms with Gasteiger partial charge in [-0.25, -0.2) is 17.2 Å². The molecule has 4 atom stereocenters. The van der Waals surface area contributed by atoms with E-state index in [-0.39, 0.29) is 47.8 Å². The molecule has 2 aliphatic rings. The van der Waals surface area contributed by atoms with Crippen LogP contribution in [0.1, 0.15) is 49.8 Å². The van der Waals surface area contributed by atoms with E-state index in [2.05, 4.69) is 5.32 Å². The van der Waals surface area contributed by atoms with Crippen molar-refractivity contribution in [2.45, 2.75) is 78.9 Å². The van der Waals surface area contributed by atoms with E-state index in [0.717, 1.165) is 30.3 Å². The number of carbonyl (C=O) groups excluding carboxylic acids is 1. The maximum atomic E-state index is 14.9. The number of amides is 1. The first-order valence-electron chi connectivity index (χ1n) is 13.2. The smallest absolute Gasteiger partial charge is 0.388 e. The summed E-state index contributed by atoms with van der Waals surface area (Å²) < 4.78 is 136. The van der Waals surface area contributed by atoms with Gasteiger partial charge in [0.1, 0.15) is 10.6 Å². The van der Waals surface area contributed by atoms with Gasteiger partial charge in [0, 0.05) is 18.0 Å². The summed E-state index contributed by atoms with van der Waals surface area (Å²) in [4.78, 5) is 12.9. The number of hydrogen-bond acceptors (Lipinski definition) is 5. The molecule has 6 nitrogen and oxygen atoms in total. The van der Waals surface area contributed by atoms with Gasteiger partial charge in [0.2, 0.25) is 5.91 Å². The minimum atomic E-state index is -6.38. The maximum absolute atomic E-state index is 14.9. The first-order chi connectivity index (χ1) is 19.6. The van der Waals surface area contributed by atoms with Crippen LogP contribution in [0.4, 0.5) is 35.1 Å².